The van der Waals surface area contributed by atoms with E-state index in [-0.39, 0.29) is 23.1 Å². The Balaban J connectivity index is 1.90. The van der Waals surface area contributed by atoms with Crippen molar-refractivity contribution in [3.8, 4) is 0 Å². The molecule has 0 saturated carbocycles. The molecule has 1 aromatic carbocycles. The molecule has 2 N–H and O–H groups in total. The summed E-state index contributed by atoms with van der Waals surface area (Å²) in [5.41, 5.74) is 1.20. The van der Waals surface area contributed by atoms with Gasteiger partial charge in [-0.15, -0.1) is 0 Å². The summed E-state index contributed by atoms with van der Waals surface area (Å²) in [7, 11) is 0. The van der Waals surface area contributed by atoms with E-state index in [1.165, 1.54) is 0 Å². The van der Waals surface area contributed by atoms with E-state index in [1.807, 2.05) is 42.5 Å². The van der Waals surface area contributed by atoms with E-state index in [0.717, 1.165) is 11.1 Å². The van der Waals surface area contributed by atoms with Crippen molar-refractivity contribution in [1.82, 2.24) is 15.0 Å². The number of anilines is 1. The lowest BCUT2D eigenvalue weighted by molar-refractivity contribution is -0.123. The lowest BCUT2D eigenvalue weighted by Gasteiger charge is -2.16. The highest BCUT2D eigenvalue weighted by Crippen LogP contribution is 2.16. The molecule has 0 radical (unpaired) electrons. The monoisotopic (exact) mass is 348 g/mol. The van der Waals surface area contributed by atoms with Crippen molar-refractivity contribution in [3.05, 3.63) is 64.1 Å². The minimum Gasteiger partial charge on any atom is -0.296 e. The summed E-state index contributed by atoms with van der Waals surface area (Å²) >= 11 is 0. The van der Waals surface area contributed by atoms with Gasteiger partial charge in [0.15, 0.2) is 5.65 Å². The van der Waals surface area contributed by atoms with Gasteiger partial charge in [0, 0.05) is 11.6 Å². The third-order valence-corrected chi connectivity index (χ3v) is 3.76. The van der Waals surface area contributed by atoms with Gasteiger partial charge in [-0.2, -0.15) is 4.98 Å². The molecule has 0 bridgehead atoms. The van der Waals surface area contributed by atoms with Gasteiger partial charge >= 0.3 is 0 Å². The molecule has 2 aromatic heterocycles. The minimum atomic E-state index is -0.590. The van der Waals surface area contributed by atoms with Crippen LogP contribution in [0, 0.1) is 5.41 Å². The zero-order chi connectivity index (χ0) is 18.7. The van der Waals surface area contributed by atoms with Gasteiger partial charge in [0.05, 0.1) is 5.39 Å². The van der Waals surface area contributed by atoms with E-state index in [9.17, 15) is 9.59 Å². The number of hydrogen-bond acceptors (Lipinski definition) is 4. The highest BCUT2D eigenvalue weighted by Gasteiger charge is 2.22. The quantitative estimate of drug-likeness (QED) is 0.758. The molecule has 0 fully saturated rings. The van der Waals surface area contributed by atoms with Crippen LogP contribution in [-0.4, -0.2) is 20.9 Å². The van der Waals surface area contributed by atoms with Crippen LogP contribution in [0.3, 0.4) is 0 Å². The zero-order valence-electron chi connectivity index (χ0n) is 14.9. The molecule has 26 heavy (non-hydrogen) atoms. The Hall–Kier alpha value is -3.28. The molecular weight excluding hydrogens is 328 g/mol. The minimum absolute atomic E-state index is 0.0995. The second-order valence-corrected chi connectivity index (χ2v) is 7.00. The number of H-pyrrole nitrogens is 1. The molecule has 132 valence electrons. The first-order valence-electron chi connectivity index (χ1n) is 8.27. The Morgan fingerprint density at radius 2 is 1.81 bits per heavy atom. The van der Waals surface area contributed by atoms with Crippen LogP contribution >= 0.6 is 0 Å². The molecule has 6 nitrogen and oxygen atoms in total. The summed E-state index contributed by atoms with van der Waals surface area (Å²) in [6.07, 6.45) is 5.47. The molecule has 3 aromatic rings. The second-order valence-electron chi connectivity index (χ2n) is 7.00. The fourth-order valence-electron chi connectivity index (χ4n) is 2.24. The molecule has 0 aliphatic heterocycles. The van der Waals surface area contributed by atoms with Gasteiger partial charge in [-0.05, 0) is 17.2 Å². The van der Waals surface area contributed by atoms with Crippen LogP contribution in [0.25, 0.3) is 23.2 Å². The van der Waals surface area contributed by atoms with Crippen molar-refractivity contribution < 1.29 is 4.79 Å². The fraction of sp³-hybridized carbons (Fsp3) is 0.200. The maximum Gasteiger partial charge on any atom is 0.261 e. The van der Waals surface area contributed by atoms with E-state index in [1.54, 1.807) is 33.0 Å². The Labute approximate surface area is 151 Å². The number of aromatic amines is 1. The zero-order valence-corrected chi connectivity index (χ0v) is 14.9. The van der Waals surface area contributed by atoms with Gasteiger partial charge in [-0.25, -0.2) is 4.98 Å². The number of nitrogens with one attached hydrogen (secondary N) is 2. The predicted octanol–water partition coefficient (Wildman–Crippen LogP) is 3.47. The number of rotatable bonds is 3. The Morgan fingerprint density at radius 3 is 2.50 bits per heavy atom. The Morgan fingerprint density at radius 1 is 1.12 bits per heavy atom. The molecule has 0 saturated heterocycles. The summed E-state index contributed by atoms with van der Waals surface area (Å²) in [6, 6.07) is 11.6. The second kappa shape index (κ2) is 6.92. The molecule has 1 amide bonds. The van der Waals surface area contributed by atoms with Crippen LogP contribution in [0.15, 0.2) is 47.4 Å². The maximum absolute atomic E-state index is 12.3. The fourth-order valence-corrected chi connectivity index (χ4v) is 2.24. The number of fused-ring (bicyclic) bond motifs is 1. The van der Waals surface area contributed by atoms with Gasteiger partial charge in [0.2, 0.25) is 11.9 Å². The average Bonchev–Trinajstić information content (AvgIpc) is 2.60. The highest BCUT2D eigenvalue weighted by atomic mass is 16.2. The van der Waals surface area contributed by atoms with Crippen LogP contribution in [0.2, 0.25) is 0 Å². The normalized spacial score (nSPS) is 11.8. The van der Waals surface area contributed by atoms with E-state index in [4.69, 9.17) is 0 Å². The van der Waals surface area contributed by atoms with E-state index >= 15 is 0 Å². The lowest BCUT2D eigenvalue weighted by Crippen LogP contribution is -2.29. The smallest absolute Gasteiger partial charge is 0.261 e. The van der Waals surface area contributed by atoms with Gasteiger partial charge in [0.25, 0.3) is 5.56 Å². The van der Waals surface area contributed by atoms with Gasteiger partial charge in [-0.1, -0.05) is 63.3 Å². The number of hydrogen-bond donors (Lipinski definition) is 2. The summed E-state index contributed by atoms with van der Waals surface area (Å²) in [6.45, 7) is 5.35. The summed E-state index contributed by atoms with van der Waals surface area (Å²) in [4.78, 5) is 35.5. The molecule has 0 aliphatic rings. The Kier molecular flexibility index (Phi) is 4.67. The summed E-state index contributed by atoms with van der Waals surface area (Å²) in [5, 5.41) is 2.99. The number of carbonyl (C=O) groups is 1. The topological polar surface area (TPSA) is 87.7 Å². The van der Waals surface area contributed by atoms with E-state index in [2.05, 4.69) is 20.3 Å². The molecular formula is C20H20N4O2. The van der Waals surface area contributed by atoms with Crippen LogP contribution in [0.5, 0.6) is 0 Å². The van der Waals surface area contributed by atoms with Crippen molar-refractivity contribution in [3.63, 3.8) is 0 Å². The van der Waals surface area contributed by atoms with Crippen LogP contribution in [0.4, 0.5) is 5.95 Å². The molecule has 0 spiro atoms. The van der Waals surface area contributed by atoms with Crippen molar-refractivity contribution >= 4 is 35.0 Å². The molecule has 0 aliphatic carbocycles. The first kappa shape index (κ1) is 17.5. The average molecular weight is 348 g/mol. The van der Waals surface area contributed by atoms with Crippen molar-refractivity contribution in [1.29, 1.82) is 0 Å². The van der Waals surface area contributed by atoms with Crippen molar-refractivity contribution in [2.75, 3.05) is 5.32 Å². The summed E-state index contributed by atoms with van der Waals surface area (Å²) < 4.78 is 0. The van der Waals surface area contributed by atoms with Crippen LogP contribution < -0.4 is 10.9 Å². The van der Waals surface area contributed by atoms with Crippen LogP contribution in [-0.2, 0) is 4.79 Å². The number of benzene rings is 1. The number of nitrogens with zero attached hydrogens (tertiary/aromatic N) is 2. The molecule has 3 rings (SSSR count). The number of carbonyl (C=O) groups excluding carboxylic acids is 1. The number of aromatic nitrogens is 3. The maximum atomic E-state index is 12.3. The van der Waals surface area contributed by atoms with Gasteiger partial charge < -0.3 is 0 Å². The Bertz CT molecular complexity index is 1030. The van der Waals surface area contributed by atoms with E-state index < -0.39 is 5.41 Å². The standard InChI is InChI=1S/C20H20N4O2/c1-20(2,3)18(26)24-19-22-16-15(17(25)23-19)11-14(12-21-16)10-9-13-7-5-4-6-8-13/h4-12H,1-3H3,(H2,21,22,23,24,25,26). The van der Waals surface area contributed by atoms with Gasteiger partial charge in [0.1, 0.15) is 0 Å². The lowest BCUT2D eigenvalue weighted by atomic mass is 9.96. The van der Waals surface area contributed by atoms with Crippen molar-refractivity contribution in [2.24, 2.45) is 5.41 Å². The largest absolute Gasteiger partial charge is 0.296 e. The van der Waals surface area contributed by atoms with E-state index in [0.29, 0.717) is 5.39 Å². The van der Waals surface area contributed by atoms with Crippen LogP contribution in [0.1, 0.15) is 31.9 Å². The SMILES string of the molecule is CC(C)(C)C(=O)Nc1nc2ncc(C=Cc3ccccc3)cc2c(=O)[nH]1. The molecule has 2 heterocycles. The predicted molar refractivity (Wildman–Crippen MR) is 104 cm³/mol. The highest BCUT2D eigenvalue weighted by molar-refractivity contribution is 5.93. The molecule has 0 unspecified atom stereocenters. The third kappa shape index (κ3) is 4.03. The third-order valence-electron chi connectivity index (χ3n) is 3.76. The first-order valence-corrected chi connectivity index (χ1v) is 8.27. The van der Waals surface area contributed by atoms with Gasteiger partial charge in [-0.3, -0.25) is 19.9 Å². The molecule has 0 atom stereocenters. The molecule has 6 heteroatoms. The number of amides is 1. The number of pyridine rings is 1. The van der Waals surface area contributed by atoms with Crippen molar-refractivity contribution in [2.45, 2.75) is 20.8 Å². The summed E-state index contributed by atoms with van der Waals surface area (Å²) in [5.74, 6) is -0.134. The first-order chi connectivity index (χ1) is 12.3.